The molecule has 0 aliphatic rings. The van der Waals surface area contributed by atoms with Crippen molar-refractivity contribution >= 4 is 29.1 Å². The summed E-state index contributed by atoms with van der Waals surface area (Å²) in [6.45, 7) is 3.12. The Kier molecular flexibility index (Phi) is 7.45. The molecule has 0 aliphatic heterocycles. The Morgan fingerprint density at radius 2 is 1.96 bits per heavy atom. The van der Waals surface area contributed by atoms with E-state index in [1.54, 1.807) is 0 Å². The van der Waals surface area contributed by atoms with Crippen LogP contribution in [-0.2, 0) is 11.3 Å². The summed E-state index contributed by atoms with van der Waals surface area (Å²) in [6, 6.07) is 10.5. The molecule has 0 bridgehead atoms. The zero-order valence-corrected chi connectivity index (χ0v) is 15.9. The molecule has 2 amide bonds. The normalized spacial score (nSPS) is 10.3. The number of nitrogens with two attached hydrogens (primary N) is 1. The zero-order chi connectivity index (χ0) is 19.8. The number of para-hydroxylation sites is 1. The van der Waals surface area contributed by atoms with Crippen molar-refractivity contribution in [3.63, 3.8) is 0 Å². The summed E-state index contributed by atoms with van der Waals surface area (Å²) in [4.78, 5) is 23.6. The monoisotopic (exact) mass is 391 g/mol. The lowest BCUT2D eigenvalue weighted by Gasteiger charge is -2.14. The van der Waals surface area contributed by atoms with Crippen molar-refractivity contribution in [1.82, 2.24) is 5.32 Å². The third kappa shape index (κ3) is 5.60. The largest absolute Gasteiger partial charge is 0.493 e. The lowest BCUT2D eigenvalue weighted by atomic mass is 10.1. The summed E-state index contributed by atoms with van der Waals surface area (Å²) in [5.41, 5.74) is 7.04. The smallest absolute Gasteiger partial charge is 0.255 e. The third-order valence-corrected chi connectivity index (χ3v) is 3.96. The number of carbonyl (C=O) groups excluding carboxylic acids is 2. The molecule has 7 nitrogen and oxygen atoms in total. The first-order valence-corrected chi connectivity index (χ1v) is 8.72. The van der Waals surface area contributed by atoms with E-state index in [1.165, 1.54) is 19.2 Å². The summed E-state index contributed by atoms with van der Waals surface area (Å²) >= 11 is 6.20. The average molecular weight is 392 g/mol. The molecule has 144 valence electrons. The van der Waals surface area contributed by atoms with Gasteiger partial charge < -0.3 is 25.8 Å². The Labute approximate surface area is 162 Å². The molecule has 0 radical (unpaired) electrons. The first-order chi connectivity index (χ1) is 13.0. The number of amides is 2. The maximum Gasteiger partial charge on any atom is 0.255 e. The molecule has 0 unspecified atom stereocenters. The van der Waals surface area contributed by atoms with Gasteiger partial charge in [0.1, 0.15) is 0 Å². The number of carbonyl (C=O) groups is 2. The maximum atomic E-state index is 12.7. The molecule has 0 atom stereocenters. The van der Waals surface area contributed by atoms with Gasteiger partial charge in [0.05, 0.1) is 12.1 Å². The predicted octanol–water partition coefficient (Wildman–Crippen LogP) is 2.57. The number of benzene rings is 2. The van der Waals surface area contributed by atoms with E-state index in [9.17, 15) is 9.59 Å². The van der Waals surface area contributed by atoms with E-state index in [1.807, 2.05) is 31.2 Å². The molecular formula is C19H22ClN3O4. The van der Waals surface area contributed by atoms with Crippen molar-refractivity contribution in [2.75, 3.05) is 25.6 Å². The first kappa shape index (κ1) is 20.5. The van der Waals surface area contributed by atoms with Gasteiger partial charge in [-0.25, -0.2) is 0 Å². The maximum absolute atomic E-state index is 12.7. The summed E-state index contributed by atoms with van der Waals surface area (Å²) < 4.78 is 10.5. The number of halogens is 1. The third-order valence-electron chi connectivity index (χ3n) is 3.68. The van der Waals surface area contributed by atoms with Crippen LogP contribution in [0.5, 0.6) is 11.5 Å². The highest BCUT2D eigenvalue weighted by Crippen LogP contribution is 2.36. The number of hydrogen-bond acceptors (Lipinski definition) is 5. The average Bonchev–Trinajstić information content (AvgIpc) is 2.65. The van der Waals surface area contributed by atoms with Crippen LogP contribution in [0.4, 0.5) is 5.69 Å². The van der Waals surface area contributed by atoms with Crippen LogP contribution in [0.1, 0.15) is 22.8 Å². The number of ether oxygens (including phenoxy) is 2. The summed E-state index contributed by atoms with van der Waals surface area (Å²) in [6.07, 6.45) is 0. The molecule has 8 heteroatoms. The summed E-state index contributed by atoms with van der Waals surface area (Å²) in [5.74, 6) is -0.607. The van der Waals surface area contributed by atoms with Crippen molar-refractivity contribution in [2.24, 2.45) is 5.73 Å². The Balaban J connectivity index is 2.24. The lowest BCUT2D eigenvalue weighted by Crippen LogP contribution is -2.20. The Bertz CT molecular complexity index is 827. The highest BCUT2D eigenvalue weighted by Gasteiger charge is 2.17. The molecule has 0 saturated carbocycles. The highest BCUT2D eigenvalue weighted by atomic mass is 35.5. The fourth-order valence-electron chi connectivity index (χ4n) is 2.38. The van der Waals surface area contributed by atoms with Crippen LogP contribution in [0.3, 0.4) is 0 Å². The van der Waals surface area contributed by atoms with Gasteiger partial charge in [0.15, 0.2) is 18.1 Å². The van der Waals surface area contributed by atoms with Gasteiger partial charge >= 0.3 is 0 Å². The molecular weight excluding hydrogens is 370 g/mol. The summed E-state index contributed by atoms with van der Waals surface area (Å²) in [7, 11) is 1.41. The molecule has 4 N–H and O–H groups in total. The Morgan fingerprint density at radius 3 is 2.63 bits per heavy atom. The van der Waals surface area contributed by atoms with Crippen LogP contribution >= 0.6 is 11.6 Å². The molecule has 2 aromatic rings. The van der Waals surface area contributed by atoms with Crippen LogP contribution < -0.4 is 25.8 Å². The van der Waals surface area contributed by atoms with E-state index in [4.69, 9.17) is 26.8 Å². The minimum atomic E-state index is -0.646. The van der Waals surface area contributed by atoms with Crippen molar-refractivity contribution in [2.45, 2.75) is 13.5 Å². The van der Waals surface area contributed by atoms with E-state index in [-0.39, 0.29) is 29.0 Å². The molecule has 2 aromatic carbocycles. The number of methoxy groups -OCH3 is 1. The van der Waals surface area contributed by atoms with E-state index in [2.05, 4.69) is 10.6 Å². The minimum absolute atomic E-state index is 0.140. The predicted molar refractivity (Wildman–Crippen MR) is 104 cm³/mol. The van der Waals surface area contributed by atoms with Gasteiger partial charge in [-0.05, 0) is 30.3 Å². The highest BCUT2D eigenvalue weighted by molar-refractivity contribution is 6.32. The van der Waals surface area contributed by atoms with E-state index < -0.39 is 5.91 Å². The second-order valence-corrected chi connectivity index (χ2v) is 6.04. The fourth-order valence-corrected chi connectivity index (χ4v) is 2.65. The number of hydrogen-bond donors (Lipinski definition) is 3. The van der Waals surface area contributed by atoms with Crippen LogP contribution in [0, 0.1) is 0 Å². The van der Waals surface area contributed by atoms with Gasteiger partial charge in [-0.1, -0.05) is 36.7 Å². The van der Waals surface area contributed by atoms with Gasteiger partial charge in [0.2, 0.25) is 0 Å². The topological polar surface area (TPSA) is 103 Å². The van der Waals surface area contributed by atoms with Crippen molar-refractivity contribution in [3.05, 3.63) is 52.5 Å². The van der Waals surface area contributed by atoms with Crippen LogP contribution in [-0.4, -0.2) is 32.1 Å². The second kappa shape index (κ2) is 9.80. The SMILES string of the molecule is CCNCc1ccccc1NC(=O)c1cc(Cl)c(OCC(N)=O)c(OC)c1. The quantitative estimate of drug-likeness (QED) is 0.609. The number of nitrogens with one attached hydrogen (secondary N) is 2. The van der Waals surface area contributed by atoms with E-state index in [0.29, 0.717) is 17.8 Å². The molecule has 0 aromatic heterocycles. The van der Waals surface area contributed by atoms with Crippen LogP contribution in [0.25, 0.3) is 0 Å². The zero-order valence-electron chi connectivity index (χ0n) is 15.2. The van der Waals surface area contributed by atoms with E-state index >= 15 is 0 Å². The molecule has 0 fully saturated rings. The summed E-state index contributed by atoms with van der Waals surface area (Å²) in [5, 5.41) is 6.25. The molecule has 0 saturated heterocycles. The van der Waals surface area contributed by atoms with E-state index in [0.717, 1.165) is 12.1 Å². The Hall–Kier alpha value is -2.77. The van der Waals surface area contributed by atoms with Gasteiger partial charge in [0.25, 0.3) is 11.8 Å². The van der Waals surface area contributed by atoms with Crippen molar-refractivity contribution < 1.29 is 19.1 Å². The minimum Gasteiger partial charge on any atom is -0.493 e. The number of anilines is 1. The molecule has 27 heavy (non-hydrogen) atoms. The molecule has 0 heterocycles. The van der Waals surface area contributed by atoms with Gasteiger partial charge in [-0.15, -0.1) is 0 Å². The van der Waals surface area contributed by atoms with Gasteiger partial charge in [-0.3, -0.25) is 9.59 Å². The fraction of sp³-hybridized carbons (Fsp3) is 0.263. The van der Waals surface area contributed by atoms with Crippen molar-refractivity contribution in [3.8, 4) is 11.5 Å². The van der Waals surface area contributed by atoms with Gasteiger partial charge in [0, 0.05) is 17.8 Å². The lowest BCUT2D eigenvalue weighted by molar-refractivity contribution is -0.119. The number of rotatable bonds is 9. The molecule has 2 rings (SSSR count). The first-order valence-electron chi connectivity index (χ1n) is 8.34. The molecule has 0 spiro atoms. The second-order valence-electron chi connectivity index (χ2n) is 5.64. The number of primary amides is 1. The van der Waals surface area contributed by atoms with Crippen molar-refractivity contribution in [1.29, 1.82) is 0 Å². The molecule has 0 aliphatic carbocycles. The Morgan fingerprint density at radius 1 is 1.22 bits per heavy atom. The van der Waals surface area contributed by atoms with Crippen LogP contribution in [0.15, 0.2) is 36.4 Å². The van der Waals surface area contributed by atoms with Gasteiger partial charge in [-0.2, -0.15) is 0 Å². The standard InChI is InChI=1S/C19H22ClN3O4/c1-3-22-10-12-6-4-5-7-15(12)23-19(25)13-8-14(20)18(16(9-13)26-2)27-11-17(21)24/h4-9,22H,3,10-11H2,1-2H3,(H2,21,24)(H,23,25). The van der Waals surface area contributed by atoms with Crippen LogP contribution in [0.2, 0.25) is 5.02 Å².